The number of carbonyl (C=O) groups excluding carboxylic acids is 1. The van der Waals surface area contributed by atoms with Crippen molar-refractivity contribution in [2.75, 3.05) is 13.1 Å². The van der Waals surface area contributed by atoms with Crippen LogP contribution in [-0.4, -0.2) is 23.9 Å². The van der Waals surface area contributed by atoms with Gasteiger partial charge >= 0.3 is 0 Å². The third kappa shape index (κ3) is 0.824. The van der Waals surface area contributed by atoms with Gasteiger partial charge in [0, 0.05) is 13.1 Å². The summed E-state index contributed by atoms with van der Waals surface area (Å²) in [6, 6.07) is 0. The molecule has 0 aromatic rings. The van der Waals surface area contributed by atoms with Crippen LogP contribution in [0.15, 0.2) is 0 Å². The van der Waals surface area contributed by atoms with Crippen LogP contribution in [0.5, 0.6) is 0 Å². The van der Waals surface area contributed by atoms with E-state index in [1.54, 1.807) is 0 Å². The van der Waals surface area contributed by atoms with E-state index in [-0.39, 0.29) is 5.41 Å². The molecule has 52 valence electrons. The van der Waals surface area contributed by atoms with Gasteiger partial charge in [0.15, 0.2) is 0 Å². The first-order valence-corrected chi connectivity index (χ1v) is 3.37. The second-order valence-electron chi connectivity index (χ2n) is 3.20. The molecule has 1 heterocycles. The lowest BCUT2D eigenvalue weighted by Gasteiger charge is -2.43. The zero-order chi connectivity index (χ0) is 7.07. The highest BCUT2D eigenvalue weighted by Gasteiger charge is 2.42. The largest absolute Gasteiger partial charge is 0.341 e. The van der Waals surface area contributed by atoms with E-state index in [1.807, 2.05) is 25.7 Å². The molecule has 1 rings (SSSR count). The Morgan fingerprint density at radius 2 is 2.22 bits per heavy atom. The first-order valence-electron chi connectivity index (χ1n) is 3.37. The molecule has 9 heavy (non-hydrogen) atoms. The van der Waals surface area contributed by atoms with Crippen molar-refractivity contribution in [2.45, 2.75) is 20.8 Å². The van der Waals surface area contributed by atoms with Gasteiger partial charge < -0.3 is 4.90 Å². The maximum atomic E-state index is 11.0. The maximum absolute atomic E-state index is 11.0. The van der Waals surface area contributed by atoms with E-state index in [0.717, 1.165) is 13.1 Å². The molecular weight excluding hydrogens is 114 g/mol. The smallest absolute Gasteiger partial charge is 0.230 e. The van der Waals surface area contributed by atoms with Crippen molar-refractivity contribution in [2.24, 2.45) is 5.41 Å². The molecule has 0 saturated carbocycles. The molecule has 0 unspecified atom stereocenters. The number of hydrogen-bond acceptors (Lipinski definition) is 1. The highest BCUT2D eigenvalue weighted by Crippen LogP contribution is 2.29. The first kappa shape index (κ1) is 6.59. The fraction of sp³-hybridized carbons (Fsp3) is 0.857. The van der Waals surface area contributed by atoms with Crippen LogP contribution in [0.2, 0.25) is 0 Å². The zero-order valence-corrected chi connectivity index (χ0v) is 6.27. The Labute approximate surface area is 55.8 Å². The maximum Gasteiger partial charge on any atom is 0.230 e. The lowest BCUT2D eigenvalue weighted by atomic mass is 9.83. The fourth-order valence-corrected chi connectivity index (χ4v) is 1.21. The van der Waals surface area contributed by atoms with Crippen LogP contribution in [0.25, 0.3) is 0 Å². The van der Waals surface area contributed by atoms with Crippen LogP contribution in [0.1, 0.15) is 20.8 Å². The van der Waals surface area contributed by atoms with Crippen LogP contribution in [-0.2, 0) is 4.79 Å². The highest BCUT2D eigenvalue weighted by molar-refractivity contribution is 5.87. The number of amides is 1. The number of β-lactam (4-membered cyclic amide) rings is 1. The van der Waals surface area contributed by atoms with Gasteiger partial charge in [0.2, 0.25) is 5.91 Å². The van der Waals surface area contributed by atoms with Gasteiger partial charge in [-0.3, -0.25) is 4.79 Å². The van der Waals surface area contributed by atoms with Gasteiger partial charge in [-0.25, -0.2) is 0 Å². The van der Waals surface area contributed by atoms with Crippen molar-refractivity contribution in [1.29, 1.82) is 0 Å². The van der Waals surface area contributed by atoms with Crippen molar-refractivity contribution in [1.82, 2.24) is 4.90 Å². The summed E-state index contributed by atoms with van der Waals surface area (Å²) in [5.74, 6) is 0.296. The summed E-state index contributed by atoms with van der Waals surface area (Å²) < 4.78 is 0. The summed E-state index contributed by atoms with van der Waals surface area (Å²) in [6.45, 7) is 7.78. The van der Waals surface area contributed by atoms with E-state index in [4.69, 9.17) is 0 Å². The molecule has 0 radical (unpaired) electrons. The number of hydrogen-bond donors (Lipinski definition) is 0. The normalized spacial score (nSPS) is 23.9. The molecule has 0 bridgehead atoms. The first-order chi connectivity index (χ1) is 4.08. The third-order valence-corrected chi connectivity index (χ3v) is 1.83. The highest BCUT2D eigenvalue weighted by atomic mass is 16.2. The molecule has 2 nitrogen and oxygen atoms in total. The number of nitrogens with zero attached hydrogens (tertiary/aromatic N) is 1. The SMILES string of the molecule is CCN1CC(C)(C)C1=O. The summed E-state index contributed by atoms with van der Waals surface area (Å²) >= 11 is 0. The van der Waals surface area contributed by atoms with Gasteiger partial charge in [0.1, 0.15) is 0 Å². The molecule has 0 aromatic heterocycles. The molecule has 2 heteroatoms. The van der Waals surface area contributed by atoms with E-state index in [1.165, 1.54) is 0 Å². The average molecular weight is 127 g/mol. The topological polar surface area (TPSA) is 20.3 Å². The fourth-order valence-electron chi connectivity index (χ4n) is 1.21. The molecule has 1 fully saturated rings. The van der Waals surface area contributed by atoms with Gasteiger partial charge in [-0.1, -0.05) is 0 Å². The third-order valence-electron chi connectivity index (χ3n) is 1.83. The second-order valence-corrected chi connectivity index (χ2v) is 3.20. The Bertz CT molecular complexity index is 140. The van der Waals surface area contributed by atoms with E-state index in [0.29, 0.717) is 5.91 Å². The van der Waals surface area contributed by atoms with Crippen molar-refractivity contribution in [3.8, 4) is 0 Å². The van der Waals surface area contributed by atoms with E-state index in [2.05, 4.69) is 0 Å². The summed E-state index contributed by atoms with van der Waals surface area (Å²) in [5.41, 5.74) is -0.0595. The number of rotatable bonds is 1. The minimum absolute atomic E-state index is 0.0595. The molecule has 0 N–H and O–H groups in total. The molecule has 1 saturated heterocycles. The van der Waals surface area contributed by atoms with Crippen LogP contribution < -0.4 is 0 Å². The second kappa shape index (κ2) is 1.72. The standard InChI is InChI=1S/C7H13NO/c1-4-8-5-7(2,3)6(8)9/h4-5H2,1-3H3. The van der Waals surface area contributed by atoms with E-state index >= 15 is 0 Å². The minimum Gasteiger partial charge on any atom is -0.341 e. The van der Waals surface area contributed by atoms with Gasteiger partial charge in [-0.15, -0.1) is 0 Å². The summed E-state index contributed by atoms with van der Waals surface area (Å²) in [5, 5.41) is 0. The molecule has 0 spiro atoms. The van der Waals surface area contributed by atoms with Gasteiger partial charge in [-0.2, -0.15) is 0 Å². The van der Waals surface area contributed by atoms with Gasteiger partial charge in [0.05, 0.1) is 5.41 Å². The van der Waals surface area contributed by atoms with E-state index < -0.39 is 0 Å². The van der Waals surface area contributed by atoms with Crippen molar-refractivity contribution < 1.29 is 4.79 Å². The van der Waals surface area contributed by atoms with E-state index in [9.17, 15) is 4.79 Å². The monoisotopic (exact) mass is 127 g/mol. The predicted molar refractivity (Wildman–Crippen MR) is 36.0 cm³/mol. The van der Waals surface area contributed by atoms with Crippen LogP contribution in [0.3, 0.4) is 0 Å². The lowest BCUT2D eigenvalue weighted by Crippen LogP contribution is -2.57. The molecule has 0 aromatic carbocycles. The van der Waals surface area contributed by atoms with Gasteiger partial charge in [-0.05, 0) is 20.8 Å². The number of likely N-dealkylation sites (tertiary alicyclic amines) is 1. The Hall–Kier alpha value is -0.530. The molecule has 0 atom stereocenters. The van der Waals surface area contributed by atoms with Gasteiger partial charge in [0.25, 0.3) is 0 Å². The van der Waals surface area contributed by atoms with Crippen molar-refractivity contribution in [3.63, 3.8) is 0 Å². The molecule has 0 aliphatic carbocycles. The Balaban J connectivity index is 2.52. The average Bonchev–Trinajstić information content (AvgIpc) is 1.82. The summed E-state index contributed by atoms with van der Waals surface area (Å²) in [7, 11) is 0. The predicted octanol–water partition coefficient (Wildman–Crippen LogP) is 0.875. The molecular formula is C7H13NO. The molecule has 1 aliphatic rings. The zero-order valence-electron chi connectivity index (χ0n) is 6.27. The van der Waals surface area contributed by atoms with Crippen molar-refractivity contribution >= 4 is 5.91 Å². The van der Waals surface area contributed by atoms with Crippen LogP contribution in [0, 0.1) is 5.41 Å². The number of carbonyl (C=O) groups is 1. The van der Waals surface area contributed by atoms with Crippen molar-refractivity contribution in [3.05, 3.63) is 0 Å². The van der Waals surface area contributed by atoms with Crippen LogP contribution >= 0.6 is 0 Å². The lowest BCUT2D eigenvalue weighted by molar-refractivity contribution is -0.156. The summed E-state index contributed by atoms with van der Waals surface area (Å²) in [4.78, 5) is 12.9. The summed E-state index contributed by atoms with van der Waals surface area (Å²) in [6.07, 6.45) is 0. The Morgan fingerprint density at radius 3 is 2.33 bits per heavy atom. The minimum atomic E-state index is -0.0595. The molecule has 1 aliphatic heterocycles. The Morgan fingerprint density at radius 1 is 1.67 bits per heavy atom. The quantitative estimate of drug-likeness (QED) is 0.479. The molecule has 1 amide bonds. The Kier molecular flexibility index (Phi) is 1.26. The van der Waals surface area contributed by atoms with Crippen LogP contribution in [0.4, 0.5) is 0 Å².